The van der Waals surface area contributed by atoms with Crippen molar-refractivity contribution in [3.63, 3.8) is 0 Å². The van der Waals surface area contributed by atoms with Crippen molar-refractivity contribution in [2.24, 2.45) is 17.6 Å². The Morgan fingerprint density at radius 1 is 1.11 bits per heavy atom. The molecule has 1 aromatic carbocycles. The molecular formula is C37H50N4O11S. The van der Waals surface area contributed by atoms with Crippen molar-refractivity contribution in [3.05, 3.63) is 46.2 Å². The van der Waals surface area contributed by atoms with Crippen LogP contribution in [-0.2, 0) is 28.7 Å². The molecule has 16 heteroatoms. The third-order valence-electron chi connectivity index (χ3n) is 10.9. The van der Waals surface area contributed by atoms with Gasteiger partial charge in [0.1, 0.15) is 35.0 Å². The number of benzene rings is 1. The Kier molecular flexibility index (Phi) is 12.6. The van der Waals surface area contributed by atoms with Gasteiger partial charge in [0.15, 0.2) is 11.4 Å². The maximum absolute atomic E-state index is 14.8. The van der Waals surface area contributed by atoms with Gasteiger partial charge in [-0.15, -0.1) is 0 Å². The number of phenolic OH excluding ortho intramolecular Hbond substituents is 1. The van der Waals surface area contributed by atoms with E-state index in [0.717, 1.165) is 25.7 Å². The van der Waals surface area contributed by atoms with Crippen LogP contribution in [0.25, 0.3) is 5.76 Å². The summed E-state index contributed by atoms with van der Waals surface area (Å²) in [5.41, 5.74) is 1.78. The number of rotatable bonds is 15. The highest BCUT2D eigenvalue weighted by molar-refractivity contribution is 7.99. The second kappa shape index (κ2) is 16.6. The first kappa shape index (κ1) is 40.2. The van der Waals surface area contributed by atoms with E-state index in [1.807, 2.05) is 0 Å². The number of esters is 1. The summed E-state index contributed by atoms with van der Waals surface area (Å²) in [6, 6.07) is 2.26. The SMILES string of the molecule is CCC(=O)O[C@H]1[C@H]2C(=C(O)c3c(O)cccc3[C@@H]2CSC2CCCC2)C(=O)[C@]2(O)C(O)=C(C(=O)NCNCCCCC(N)C(=O)O)C(=O)[C@@H](N(C)C)[C@H]12. The normalized spacial score (nSPS) is 27.7. The summed E-state index contributed by atoms with van der Waals surface area (Å²) in [5, 5.41) is 61.8. The molecule has 0 spiro atoms. The van der Waals surface area contributed by atoms with Crippen LogP contribution in [0.2, 0.25) is 0 Å². The highest BCUT2D eigenvalue weighted by atomic mass is 32.2. The molecule has 5 rings (SSSR count). The number of aliphatic hydroxyl groups is 3. The molecule has 1 amide bonds. The molecule has 15 nitrogen and oxygen atoms in total. The molecule has 0 saturated heterocycles. The number of aliphatic carboxylic acids is 1. The lowest BCUT2D eigenvalue weighted by Crippen LogP contribution is -2.71. The Bertz CT molecular complexity index is 1690. The standard InChI is InChI=1S/C37H50N4O11S/c1-4-23(43)52-32-25-20(16-53-18-10-5-6-11-18)19-12-9-14-22(42)24(19)30(44)26(25)33(46)37(51)28(32)29(41(2)3)31(45)27(34(37)47)35(48)40-17-39-15-8-7-13-21(38)36(49)50/h9,12,14,18,20-21,25,28-29,32,39,42,44,47,51H,4-8,10-11,13,15-17,38H2,1-3H3,(H,40,48)(H,49,50)/t20-,21?,25+,28+,29-,32-,37-/m0/s1. The number of carboxylic acids is 1. The van der Waals surface area contributed by atoms with Gasteiger partial charge in [-0.25, -0.2) is 0 Å². The topological polar surface area (TPSA) is 249 Å². The number of nitrogens with zero attached hydrogens (tertiary/aromatic N) is 1. The molecule has 4 aliphatic carbocycles. The Morgan fingerprint density at radius 3 is 2.45 bits per heavy atom. The Balaban J connectivity index is 1.56. The van der Waals surface area contributed by atoms with Crippen molar-refractivity contribution < 1.29 is 54.2 Å². The Labute approximate surface area is 312 Å². The second-order valence-electron chi connectivity index (χ2n) is 14.4. The minimum absolute atomic E-state index is 0.0137. The number of likely N-dealkylation sites (N-methyl/N-ethyl adjacent to an activating group) is 1. The minimum atomic E-state index is -3.00. The zero-order valence-corrected chi connectivity index (χ0v) is 31.0. The molecule has 53 heavy (non-hydrogen) atoms. The van der Waals surface area contributed by atoms with Gasteiger partial charge in [0.2, 0.25) is 5.78 Å². The summed E-state index contributed by atoms with van der Waals surface area (Å²) in [6.07, 6.45) is 3.89. The lowest BCUT2D eigenvalue weighted by molar-refractivity contribution is -0.185. The highest BCUT2D eigenvalue weighted by Gasteiger charge is 2.70. The number of Topliss-reactive ketones (excluding diaryl/α,β-unsaturated/α-hetero) is 2. The fraction of sp³-hybridized carbons (Fsp3) is 0.595. The number of carbonyl (C=O) groups excluding carboxylic acids is 4. The molecule has 2 fully saturated rings. The van der Waals surface area contributed by atoms with Gasteiger partial charge >= 0.3 is 11.9 Å². The van der Waals surface area contributed by atoms with Gasteiger partial charge in [-0.2, -0.15) is 11.8 Å². The average molecular weight is 759 g/mol. The predicted octanol–water partition coefficient (Wildman–Crippen LogP) is 1.87. The fourth-order valence-corrected chi connectivity index (χ4v) is 9.81. The maximum atomic E-state index is 14.8. The predicted molar refractivity (Wildman–Crippen MR) is 195 cm³/mol. The maximum Gasteiger partial charge on any atom is 0.320 e. The number of nitrogens with one attached hydrogen (secondary N) is 2. The van der Waals surface area contributed by atoms with Crippen molar-refractivity contribution >= 4 is 46.9 Å². The summed E-state index contributed by atoms with van der Waals surface area (Å²) in [7, 11) is 3.01. The van der Waals surface area contributed by atoms with Crippen LogP contribution in [0.5, 0.6) is 5.75 Å². The second-order valence-corrected chi connectivity index (χ2v) is 15.8. The van der Waals surface area contributed by atoms with Crippen LogP contribution in [0.15, 0.2) is 35.1 Å². The highest BCUT2D eigenvalue weighted by Crippen LogP contribution is 2.58. The molecule has 1 aromatic rings. The summed E-state index contributed by atoms with van der Waals surface area (Å²) in [5.74, 6) is -10.1. The number of aliphatic hydroxyl groups excluding tert-OH is 2. The smallest absolute Gasteiger partial charge is 0.320 e. The number of fused-ring (bicyclic) bond motifs is 3. The first-order valence-corrected chi connectivity index (χ1v) is 19.2. The summed E-state index contributed by atoms with van der Waals surface area (Å²) >= 11 is 1.68. The fourth-order valence-electron chi connectivity index (χ4n) is 8.28. The molecule has 4 aliphatic rings. The number of nitrogens with two attached hydrogens (primary N) is 1. The van der Waals surface area contributed by atoms with Gasteiger partial charge in [0.05, 0.1) is 24.2 Å². The molecule has 0 heterocycles. The quantitative estimate of drug-likeness (QED) is 0.0551. The molecule has 1 unspecified atom stereocenters. The lowest BCUT2D eigenvalue weighted by Gasteiger charge is -2.55. The van der Waals surface area contributed by atoms with Gasteiger partial charge < -0.3 is 41.3 Å². The first-order valence-electron chi connectivity index (χ1n) is 18.1. The van der Waals surface area contributed by atoms with Gasteiger partial charge in [0.25, 0.3) is 5.91 Å². The number of thioether (sulfide) groups is 1. The number of aromatic hydroxyl groups is 1. The first-order chi connectivity index (χ1) is 25.2. The summed E-state index contributed by atoms with van der Waals surface area (Å²) in [6.45, 7) is 1.73. The lowest BCUT2D eigenvalue weighted by atomic mass is 9.54. The van der Waals surface area contributed by atoms with Crippen molar-refractivity contribution in [2.75, 3.05) is 33.1 Å². The van der Waals surface area contributed by atoms with E-state index in [2.05, 4.69) is 10.6 Å². The number of hydrogen-bond donors (Lipinski definition) is 8. The van der Waals surface area contributed by atoms with E-state index in [1.54, 1.807) is 30.8 Å². The zero-order valence-electron chi connectivity index (χ0n) is 30.2. The summed E-state index contributed by atoms with van der Waals surface area (Å²) in [4.78, 5) is 68.2. The molecule has 9 N–H and O–H groups in total. The molecule has 0 aromatic heterocycles. The van der Waals surface area contributed by atoms with E-state index in [9.17, 15) is 44.4 Å². The number of amides is 1. The third kappa shape index (κ3) is 7.56. The molecule has 290 valence electrons. The van der Waals surface area contributed by atoms with Crippen LogP contribution >= 0.6 is 11.8 Å². The van der Waals surface area contributed by atoms with Crippen molar-refractivity contribution in [1.29, 1.82) is 0 Å². The van der Waals surface area contributed by atoms with Crippen molar-refractivity contribution in [3.8, 4) is 5.75 Å². The van der Waals surface area contributed by atoms with Crippen LogP contribution in [0.4, 0.5) is 0 Å². The van der Waals surface area contributed by atoms with Crippen LogP contribution in [0.1, 0.15) is 75.3 Å². The van der Waals surface area contributed by atoms with Crippen LogP contribution in [0.3, 0.4) is 0 Å². The van der Waals surface area contributed by atoms with E-state index in [1.165, 1.54) is 25.1 Å². The Hall–Kier alpha value is -3.96. The number of ether oxygens (including phenoxy) is 1. The zero-order chi connectivity index (χ0) is 38.8. The van der Waals surface area contributed by atoms with Gasteiger partial charge in [0, 0.05) is 34.8 Å². The van der Waals surface area contributed by atoms with Crippen molar-refractivity contribution in [1.82, 2.24) is 15.5 Å². The number of carbonyl (C=O) groups is 5. The number of phenols is 1. The van der Waals surface area contributed by atoms with Crippen LogP contribution in [0, 0.1) is 11.8 Å². The van der Waals surface area contributed by atoms with E-state index in [-0.39, 0.29) is 36.4 Å². The van der Waals surface area contributed by atoms with Gasteiger partial charge in [-0.3, -0.25) is 34.2 Å². The van der Waals surface area contributed by atoms with E-state index in [0.29, 0.717) is 36.0 Å². The third-order valence-corrected chi connectivity index (χ3v) is 12.4. The monoisotopic (exact) mass is 758 g/mol. The molecule has 0 aliphatic heterocycles. The van der Waals surface area contributed by atoms with Gasteiger partial charge in [-0.1, -0.05) is 38.3 Å². The molecule has 0 bridgehead atoms. The molecule has 7 atom stereocenters. The summed E-state index contributed by atoms with van der Waals surface area (Å²) < 4.78 is 6.07. The largest absolute Gasteiger partial charge is 0.508 e. The number of ketones is 2. The number of hydrogen-bond acceptors (Lipinski definition) is 14. The molecular weight excluding hydrogens is 708 g/mol. The number of carboxylic acid groups (broad SMARTS) is 1. The van der Waals surface area contributed by atoms with E-state index >= 15 is 0 Å². The molecule has 2 saturated carbocycles. The minimum Gasteiger partial charge on any atom is -0.508 e. The van der Waals surface area contributed by atoms with E-state index in [4.69, 9.17) is 15.6 Å². The van der Waals surface area contributed by atoms with Crippen LogP contribution < -0.4 is 16.4 Å². The Morgan fingerprint density at radius 2 is 1.81 bits per heavy atom. The van der Waals surface area contributed by atoms with Crippen molar-refractivity contribution in [2.45, 2.75) is 93.2 Å². The van der Waals surface area contributed by atoms with Crippen LogP contribution in [-0.4, -0.2) is 122 Å². The van der Waals surface area contributed by atoms with E-state index < -0.39 is 88.0 Å². The molecule has 0 radical (unpaired) electrons. The number of unbranched alkanes of at least 4 members (excludes halogenated alkanes) is 1. The van der Waals surface area contributed by atoms with Gasteiger partial charge in [-0.05, 0) is 58.0 Å². The average Bonchev–Trinajstić information content (AvgIpc) is 3.64.